The van der Waals surface area contributed by atoms with Crippen molar-refractivity contribution >= 4 is 108 Å². The van der Waals surface area contributed by atoms with E-state index < -0.39 is 0 Å². The molecule has 606 valence electrons. The summed E-state index contributed by atoms with van der Waals surface area (Å²) in [6.45, 7) is 0. The van der Waals surface area contributed by atoms with Crippen molar-refractivity contribution in [1.29, 1.82) is 0 Å². The molecule has 0 aliphatic carbocycles. The Morgan fingerprint density at radius 2 is 0.538 bits per heavy atom. The van der Waals surface area contributed by atoms with Gasteiger partial charge in [-0.05, 0) is 212 Å². The third kappa shape index (κ3) is 15.3. The lowest BCUT2D eigenvalue weighted by atomic mass is 9.89. The smallest absolute Gasteiger partial charge is 0.0972 e. The quantitative estimate of drug-likeness (QED) is 0.113. The van der Waals surface area contributed by atoms with Crippen LogP contribution in [-0.2, 0) is 0 Å². The van der Waals surface area contributed by atoms with E-state index in [9.17, 15) is 0 Å². The van der Waals surface area contributed by atoms with E-state index in [0.29, 0.717) is 0 Å². The van der Waals surface area contributed by atoms with Crippen molar-refractivity contribution < 1.29 is 0 Å². The number of fused-ring (bicyclic) bond motifs is 13. The largest absolute Gasteiger partial charge is 0.256 e. The number of pyridine rings is 7. The zero-order valence-corrected chi connectivity index (χ0v) is 70.7. The minimum absolute atomic E-state index is 0.927. The van der Waals surface area contributed by atoms with Gasteiger partial charge in [-0.2, -0.15) is 0 Å². The van der Waals surface area contributed by atoms with E-state index in [1.165, 1.54) is 87.4 Å². The lowest BCUT2D eigenvalue weighted by molar-refractivity contribution is 1.32. The first-order chi connectivity index (χ1) is 64.4. The molecule has 0 fully saturated rings. The second kappa shape index (κ2) is 33.9. The van der Waals surface area contributed by atoms with Crippen LogP contribution in [0.15, 0.2) is 480 Å². The van der Waals surface area contributed by atoms with Crippen LogP contribution in [0, 0.1) is 0 Å². The Balaban J connectivity index is 0.000000112. The maximum Gasteiger partial charge on any atom is 0.0972 e. The molecular weight excluding hydrogens is 1580 g/mol. The van der Waals surface area contributed by atoms with Gasteiger partial charge in [0, 0.05) is 84.5 Å². The van der Waals surface area contributed by atoms with E-state index in [1.54, 1.807) is 0 Å². The van der Waals surface area contributed by atoms with Gasteiger partial charge in [0.1, 0.15) is 0 Å². The Labute approximate surface area is 752 Å². The van der Waals surface area contributed by atoms with Gasteiger partial charge in [-0.25, -0.2) is 19.9 Å². The van der Waals surface area contributed by atoms with E-state index in [2.05, 4.69) is 441 Å². The normalized spacial score (nSPS) is 11.4. The molecular formula is C123H79N7. The van der Waals surface area contributed by atoms with Gasteiger partial charge in [-0.15, -0.1) is 0 Å². The molecule has 0 unspecified atom stereocenters. The Morgan fingerprint density at radius 3 is 1.15 bits per heavy atom. The zero-order chi connectivity index (χ0) is 86.2. The standard InChI is InChI=1S/C48H32N2.C41H27N.C34H20N4/c1-4-14-33(15-5-1)37-24-25-46(49-32-37)41-27-38(26-40(28-41)45-29-36-20-10-11-21-42(36)43-22-12-13-23-44(43)45)39-30-47(34-16-6-2-7-17-34)50-48(31-39)35-18-8-3-9-19-35;1-2-9-28(10-3-1)34-23-24-38-39(27-40(42-41(38)26-34)35-22-17-29-11-4-5-13-33(29)25-35)32-20-18-31(19-21-32)37-16-8-14-30-12-6-7-15-36(30)37;1-3-22-7-9-24-13-15-29(37-33(24)31(22)35-17-1)26-11-5-21-6-12-27(20-28(21)19-26)30-16-14-25-10-8-23-4-2-18-36-32(23)34(25)38-30/h1-32H;1-27H;1-20H. The van der Waals surface area contributed by atoms with Crippen LogP contribution in [0.2, 0.25) is 0 Å². The molecule has 0 atom stereocenters. The summed E-state index contributed by atoms with van der Waals surface area (Å²) in [7, 11) is 0. The van der Waals surface area contributed by atoms with E-state index in [0.717, 1.165) is 155 Å². The van der Waals surface area contributed by atoms with Crippen LogP contribution in [0.3, 0.4) is 0 Å². The summed E-state index contributed by atoms with van der Waals surface area (Å²) in [6.07, 6.45) is 5.64. The van der Waals surface area contributed by atoms with Crippen molar-refractivity contribution in [2.45, 2.75) is 0 Å². The molecule has 0 N–H and O–H groups in total. The molecule has 0 aliphatic rings. The first-order valence-corrected chi connectivity index (χ1v) is 44.0. The molecule has 0 saturated carbocycles. The van der Waals surface area contributed by atoms with Gasteiger partial charge in [0.15, 0.2) is 0 Å². The molecule has 0 radical (unpaired) electrons. The fourth-order valence-corrected chi connectivity index (χ4v) is 18.4. The third-order valence-electron chi connectivity index (χ3n) is 25.0. The van der Waals surface area contributed by atoms with E-state index >= 15 is 0 Å². The minimum atomic E-state index is 0.927. The molecule has 7 nitrogen and oxygen atoms in total. The average molecular weight is 1660 g/mol. The molecule has 0 amide bonds. The van der Waals surface area contributed by atoms with Crippen LogP contribution in [0.25, 0.3) is 243 Å². The number of hydrogen-bond donors (Lipinski definition) is 0. The van der Waals surface area contributed by atoms with Crippen LogP contribution in [0.4, 0.5) is 0 Å². The monoisotopic (exact) mass is 1650 g/mol. The van der Waals surface area contributed by atoms with Crippen LogP contribution in [-0.4, -0.2) is 34.9 Å². The molecule has 18 aromatic carbocycles. The summed E-state index contributed by atoms with van der Waals surface area (Å²) < 4.78 is 0. The van der Waals surface area contributed by atoms with Crippen LogP contribution in [0.1, 0.15) is 0 Å². The maximum atomic E-state index is 5.22. The number of aromatic nitrogens is 7. The molecule has 7 heteroatoms. The van der Waals surface area contributed by atoms with E-state index in [-0.39, 0.29) is 0 Å². The van der Waals surface area contributed by atoms with E-state index in [4.69, 9.17) is 24.9 Å². The lowest BCUT2D eigenvalue weighted by Gasteiger charge is -2.16. The number of nitrogens with zero attached hydrogens (tertiary/aromatic N) is 7. The fourth-order valence-electron chi connectivity index (χ4n) is 18.4. The molecule has 7 aromatic heterocycles. The highest BCUT2D eigenvalue weighted by Crippen LogP contribution is 2.44. The highest BCUT2D eigenvalue weighted by Gasteiger charge is 2.20. The molecule has 25 rings (SSSR count). The summed E-state index contributed by atoms with van der Waals surface area (Å²) in [5.41, 5.74) is 30.9. The first-order valence-electron chi connectivity index (χ1n) is 44.0. The van der Waals surface area contributed by atoms with Crippen LogP contribution >= 0.6 is 0 Å². The summed E-state index contributed by atoms with van der Waals surface area (Å²) in [5, 5.41) is 17.8. The highest BCUT2D eigenvalue weighted by molar-refractivity contribution is 6.15. The number of rotatable bonds is 12. The van der Waals surface area contributed by atoms with Gasteiger partial charge < -0.3 is 0 Å². The second-order valence-corrected chi connectivity index (χ2v) is 33.1. The zero-order valence-electron chi connectivity index (χ0n) is 70.7. The molecule has 0 spiro atoms. The van der Waals surface area contributed by atoms with Gasteiger partial charge >= 0.3 is 0 Å². The van der Waals surface area contributed by atoms with Crippen molar-refractivity contribution in [2.75, 3.05) is 0 Å². The van der Waals surface area contributed by atoms with E-state index in [1.807, 2.05) is 48.9 Å². The van der Waals surface area contributed by atoms with Gasteiger partial charge in [-0.1, -0.05) is 364 Å². The molecule has 25 aromatic rings. The lowest BCUT2D eigenvalue weighted by Crippen LogP contribution is -1.93. The minimum Gasteiger partial charge on any atom is -0.256 e. The predicted molar refractivity (Wildman–Crippen MR) is 544 cm³/mol. The third-order valence-corrected chi connectivity index (χ3v) is 25.0. The van der Waals surface area contributed by atoms with Crippen LogP contribution < -0.4 is 0 Å². The molecule has 0 aliphatic heterocycles. The van der Waals surface area contributed by atoms with Crippen molar-refractivity contribution in [3.8, 4) is 134 Å². The average Bonchev–Trinajstić information content (AvgIpc) is 0.744. The van der Waals surface area contributed by atoms with Crippen molar-refractivity contribution in [3.63, 3.8) is 0 Å². The Morgan fingerprint density at radius 1 is 0.131 bits per heavy atom. The molecule has 7 heterocycles. The van der Waals surface area contributed by atoms with Crippen molar-refractivity contribution in [1.82, 2.24) is 34.9 Å². The second-order valence-electron chi connectivity index (χ2n) is 33.1. The fraction of sp³-hybridized carbons (Fsp3) is 0. The van der Waals surface area contributed by atoms with Gasteiger partial charge in [0.2, 0.25) is 0 Å². The Bertz CT molecular complexity index is 8430. The SMILES string of the molecule is c1ccc(-c2ccc(-c3cc(-c4cc(-c5ccccc5)nc(-c5ccccc5)c4)cc(-c4cc5ccccc5c5ccccc45)c3)nc2)cc1.c1ccc(-c2ccc3c(-c4ccc(-c5cccc6ccccc56)cc4)cc(-c4ccc5ccccc5c4)nc3c2)cc1.c1cnc2c(c1)ccc1ccc(-c3ccc4ccc(-c5ccc6ccc7cccnc7c6n5)cc4c3)nc12. The number of benzene rings is 18. The number of hydrogen-bond acceptors (Lipinski definition) is 7. The summed E-state index contributed by atoms with van der Waals surface area (Å²) in [5.74, 6) is 0. The molecule has 0 bridgehead atoms. The van der Waals surface area contributed by atoms with Gasteiger partial charge in [0.25, 0.3) is 0 Å². The topological polar surface area (TPSA) is 90.2 Å². The van der Waals surface area contributed by atoms with Crippen molar-refractivity contribution in [2.24, 2.45) is 0 Å². The summed E-state index contributed by atoms with van der Waals surface area (Å²) in [4.78, 5) is 34.7. The predicted octanol–water partition coefficient (Wildman–Crippen LogP) is 32.4. The van der Waals surface area contributed by atoms with Crippen LogP contribution in [0.5, 0.6) is 0 Å². The molecule has 0 saturated heterocycles. The molecule has 130 heavy (non-hydrogen) atoms. The Kier molecular flexibility index (Phi) is 20.2. The summed E-state index contributed by atoms with van der Waals surface area (Å²) in [6, 6.07) is 163. The van der Waals surface area contributed by atoms with Gasteiger partial charge in [0.05, 0.1) is 61.7 Å². The Hall–Kier alpha value is -17.4. The highest BCUT2D eigenvalue weighted by atomic mass is 14.8. The van der Waals surface area contributed by atoms with Crippen molar-refractivity contribution in [3.05, 3.63) is 480 Å². The first kappa shape index (κ1) is 77.4. The van der Waals surface area contributed by atoms with Gasteiger partial charge in [-0.3, -0.25) is 15.0 Å². The maximum absolute atomic E-state index is 5.22. The summed E-state index contributed by atoms with van der Waals surface area (Å²) >= 11 is 0.